The van der Waals surface area contributed by atoms with E-state index in [2.05, 4.69) is 4.98 Å². The summed E-state index contributed by atoms with van der Waals surface area (Å²) in [7, 11) is 0. The third kappa shape index (κ3) is 2.95. The Morgan fingerprint density at radius 2 is 2.16 bits per heavy atom. The summed E-state index contributed by atoms with van der Waals surface area (Å²) in [5, 5.41) is -0.196. The topological polar surface area (TPSA) is 33.2 Å². The van der Waals surface area contributed by atoms with E-state index in [1.165, 1.54) is 4.90 Å². The predicted octanol–water partition coefficient (Wildman–Crippen LogP) is 3.35. The average molecular weight is 313 g/mol. The van der Waals surface area contributed by atoms with E-state index < -0.39 is 11.7 Å². The maximum Gasteiger partial charge on any atom is 0.417 e. The van der Waals surface area contributed by atoms with Crippen LogP contribution >= 0.6 is 23.2 Å². The summed E-state index contributed by atoms with van der Waals surface area (Å²) in [6.45, 7) is 0.320. The van der Waals surface area contributed by atoms with Gasteiger partial charge < -0.3 is 0 Å². The zero-order valence-electron chi connectivity index (χ0n) is 9.55. The number of carbonyl (C=O) groups excluding carboxylic acids is 1. The number of carbonyl (C=O) groups is 1. The van der Waals surface area contributed by atoms with Gasteiger partial charge in [0.1, 0.15) is 0 Å². The van der Waals surface area contributed by atoms with E-state index in [-0.39, 0.29) is 29.1 Å². The standard InChI is InChI=1S/C11H9Cl2F3N2O/c12-3-6-1-9(19)18(5-6)10-8(13)2-7(4-17-10)11(14,15)16/h2,4,6H,1,3,5H2. The Bertz CT molecular complexity index is 507. The van der Waals surface area contributed by atoms with Gasteiger partial charge >= 0.3 is 6.18 Å². The monoisotopic (exact) mass is 312 g/mol. The van der Waals surface area contributed by atoms with Gasteiger partial charge in [0.15, 0.2) is 5.82 Å². The van der Waals surface area contributed by atoms with Crippen molar-refractivity contribution >= 4 is 34.9 Å². The molecule has 0 spiro atoms. The minimum Gasteiger partial charge on any atom is -0.295 e. The Morgan fingerprint density at radius 3 is 2.63 bits per heavy atom. The quantitative estimate of drug-likeness (QED) is 0.785. The van der Waals surface area contributed by atoms with E-state index >= 15 is 0 Å². The van der Waals surface area contributed by atoms with Crippen molar-refractivity contribution in [3.63, 3.8) is 0 Å². The zero-order valence-corrected chi connectivity index (χ0v) is 11.1. The molecule has 104 valence electrons. The lowest BCUT2D eigenvalue weighted by Crippen LogP contribution is -2.26. The number of hydrogen-bond donors (Lipinski definition) is 0. The minimum absolute atomic E-state index is 0.0330. The molecule has 2 rings (SSSR count). The smallest absolute Gasteiger partial charge is 0.295 e. The van der Waals surface area contributed by atoms with Gasteiger partial charge in [-0.1, -0.05) is 11.6 Å². The fourth-order valence-electron chi connectivity index (χ4n) is 1.87. The summed E-state index contributed by atoms with van der Waals surface area (Å²) in [6, 6.07) is 0.769. The number of pyridine rings is 1. The third-order valence-corrected chi connectivity index (χ3v) is 3.54. The van der Waals surface area contributed by atoms with Crippen LogP contribution in [0, 0.1) is 5.92 Å². The van der Waals surface area contributed by atoms with Crippen molar-refractivity contribution in [2.24, 2.45) is 5.92 Å². The number of rotatable bonds is 2. The van der Waals surface area contributed by atoms with Crippen molar-refractivity contribution in [2.75, 3.05) is 17.3 Å². The third-order valence-electron chi connectivity index (χ3n) is 2.83. The number of aromatic nitrogens is 1. The highest BCUT2D eigenvalue weighted by Gasteiger charge is 2.35. The molecule has 1 unspecified atom stereocenters. The molecule has 0 saturated carbocycles. The number of alkyl halides is 4. The summed E-state index contributed by atoms with van der Waals surface area (Å²) < 4.78 is 37.4. The van der Waals surface area contributed by atoms with Crippen molar-refractivity contribution < 1.29 is 18.0 Å². The second-order valence-electron chi connectivity index (χ2n) is 4.26. The second kappa shape index (κ2) is 5.17. The first-order valence-electron chi connectivity index (χ1n) is 5.42. The fourth-order valence-corrected chi connectivity index (χ4v) is 2.35. The zero-order chi connectivity index (χ0) is 14.2. The van der Waals surface area contributed by atoms with Crippen LogP contribution in [0.25, 0.3) is 0 Å². The highest BCUT2D eigenvalue weighted by atomic mass is 35.5. The first-order chi connectivity index (χ1) is 8.82. The number of halogens is 5. The summed E-state index contributed by atoms with van der Waals surface area (Å²) in [4.78, 5) is 16.7. The molecule has 1 aliphatic heterocycles. The van der Waals surface area contributed by atoms with Gasteiger partial charge in [0, 0.05) is 25.0 Å². The van der Waals surface area contributed by atoms with Gasteiger partial charge in [-0.3, -0.25) is 9.69 Å². The van der Waals surface area contributed by atoms with Gasteiger partial charge in [0.05, 0.1) is 10.6 Å². The fraction of sp³-hybridized carbons (Fsp3) is 0.455. The molecule has 1 aromatic heterocycles. The maximum absolute atomic E-state index is 12.5. The molecule has 1 aromatic rings. The Hall–Kier alpha value is -1.01. The summed E-state index contributed by atoms with van der Waals surface area (Å²) in [6.07, 6.45) is -3.59. The van der Waals surface area contributed by atoms with Gasteiger partial charge in [0.2, 0.25) is 5.91 Å². The summed E-state index contributed by atoms with van der Waals surface area (Å²) in [5.41, 5.74) is -0.943. The molecule has 3 nitrogen and oxygen atoms in total. The van der Waals surface area contributed by atoms with Gasteiger partial charge in [-0.15, -0.1) is 11.6 Å². The first-order valence-corrected chi connectivity index (χ1v) is 6.33. The Kier molecular flexibility index (Phi) is 3.92. The van der Waals surface area contributed by atoms with Crippen LogP contribution in [0.3, 0.4) is 0 Å². The molecule has 0 N–H and O–H groups in total. The van der Waals surface area contributed by atoms with Crippen LogP contribution in [0.1, 0.15) is 12.0 Å². The average Bonchev–Trinajstić information content (AvgIpc) is 2.69. The Labute approximate surface area is 117 Å². The molecule has 8 heteroatoms. The van der Waals surface area contributed by atoms with E-state index in [1.807, 2.05) is 0 Å². The predicted molar refractivity (Wildman–Crippen MR) is 65.4 cm³/mol. The molecule has 2 heterocycles. The van der Waals surface area contributed by atoms with Gasteiger partial charge in [0.25, 0.3) is 0 Å². The van der Waals surface area contributed by atoms with Crippen molar-refractivity contribution in [2.45, 2.75) is 12.6 Å². The second-order valence-corrected chi connectivity index (χ2v) is 4.97. The van der Waals surface area contributed by atoms with Crippen LogP contribution in [0.5, 0.6) is 0 Å². The number of hydrogen-bond acceptors (Lipinski definition) is 2. The van der Waals surface area contributed by atoms with Gasteiger partial charge in [-0.05, 0) is 12.0 Å². The Balaban J connectivity index is 2.30. The van der Waals surface area contributed by atoms with Crippen molar-refractivity contribution in [3.05, 3.63) is 22.8 Å². The van der Waals surface area contributed by atoms with E-state index in [4.69, 9.17) is 23.2 Å². The molecule has 0 bridgehead atoms. The van der Waals surface area contributed by atoms with E-state index in [0.717, 1.165) is 6.07 Å². The molecule has 1 saturated heterocycles. The van der Waals surface area contributed by atoms with E-state index in [9.17, 15) is 18.0 Å². The van der Waals surface area contributed by atoms with Crippen LogP contribution in [-0.2, 0) is 11.0 Å². The molecule has 1 amide bonds. The lowest BCUT2D eigenvalue weighted by atomic mass is 10.1. The van der Waals surface area contributed by atoms with E-state index in [0.29, 0.717) is 18.6 Å². The molecule has 0 aliphatic carbocycles. The lowest BCUT2D eigenvalue weighted by molar-refractivity contribution is -0.137. The number of anilines is 1. The van der Waals surface area contributed by atoms with Crippen LogP contribution < -0.4 is 4.90 Å². The van der Waals surface area contributed by atoms with Crippen LogP contribution in [0.2, 0.25) is 5.02 Å². The molecule has 0 radical (unpaired) electrons. The van der Waals surface area contributed by atoms with Crippen molar-refractivity contribution in [1.82, 2.24) is 4.98 Å². The normalized spacial score (nSPS) is 20.2. The molecule has 1 aliphatic rings. The highest BCUT2D eigenvalue weighted by Crippen LogP contribution is 2.35. The van der Waals surface area contributed by atoms with Crippen molar-refractivity contribution in [3.8, 4) is 0 Å². The van der Waals surface area contributed by atoms with Gasteiger partial charge in [-0.25, -0.2) is 4.98 Å². The SMILES string of the molecule is O=C1CC(CCl)CN1c1ncc(C(F)(F)F)cc1Cl. The molecule has 19 heavy (non-hydrogen) atoms. The van der Waals surface area contributed by atoms with E-state index in [1.54, 1.807) is 0 Å². The molecular formula is C11H9Cl2F3N2O. The minimum atomic E-state index is -4.51. The first kappa shape index (κ1) is 14.4. The lowest BCUT2D eigenvalue weighted by Gasteiger charge is -2.17. The molecule has 1 fully saturated rings. The summed E-state index contributed by atoms with van der Waals surface area (Å²) in [5.74, 6) is 0.0851. The number of amides is 1. The Morgan fingerprint density at radius 1 is 1.47 bits per heavy atom. The largest absolute Gasteiger partial charge is 0.417 e. The summed E-state index contributed by atoms with van der Waals surface area (Å²) >= 11 is 11.5. The van der Waals surface area contributed by atoms with Gasteiger partial charge in [-0.2, -0.15) is 13.2 Å². The molecule has 1 atom stereocenters. The van der Waals surface area contributed by atoms with Crippen molar-refractivity contribution in [1.29, 1.82) is 0 Å². The molecular weight excluding hydrogens is 304 g/mol. The molecule has 0 aromatic carbocycles. The highest BCUT2D eigenvalue weighted by molar-refractivity contribution is 6.33. The van der Waals surface area contributed by atoms with Crippen LogP contribution in [0.15, 0.2) is 12.3 Å². The van der Waals surface area contributed by atoms with Crippen LogP contribution in [-0.4, -0.2) is 23.3 Å². The number of nitrogens with zero attached hydrogens (tertiary/aromatic N) is 2. The van der Waals surface area contributed by atoms with Crippen LogP contribution in [0.4, 0.5) is 19.0 Å². The maximum atomic E-state index is 12.5.